The van der Waals surface area contributed by atoms with Crippen molar-refractivity contribution in [3.63, 3.8) is 0 Å². The van der Waals surface area contributed by atoms with Crippen LogP contribution < -0.4 is 10.6 Å². The number of likely N-dealkylation sites (tertiary alicyclic amines) is 1. The number of aliphatic imine (C=N–C) groups is 1. The van der Waals surface area contributed by atoms with Crippen LogP contribution in [0.15, 0.2) is 46.0 Å². The van der Waals surface area contributed by atoms with Gasteiger partial charge in [-0.2, -0.15) is 0 Å². The molecule has 0 spiro atoms. The molecule has 1 aliphatic heterocycles. The SMILES string of the molecule is CN=C(NCc1cccc(C)n1)NCC(c1ccco1)N1CCCCC1. The van der Waals surface area contributed by atoms with Crippen molar-refractivity contribution < 1.29 is 4.42 Å². The minimum Gasteiger partial charge on any atom is -0.468 e. The molecule has 2 aromatic rings. The first-order chi connectivity index (χ1) is 12.8. The summed E-state index contributed by atoms with van der Waals surface area (Å²) in [5.74, 6) is 1.79. The van der Waals surface area contributed by atoms with Gasteiger partial charge in [0.2, 0.25) is 0 Å². The van der Waals surface area contributed by atoms with Crippen LogP contribution in [0, 0.1) is 6.92 Å². The summed E-state index contributed by atoms with van der Waals surface area (Å²) in [6.07, 6.45) is 5.58. The summed E-state index contributed by atoms with van der Waals surface area (Å²) in [7, 11) is 1.79. The molecule has 140 valence electrons. The standard InChI is InChI=1S/C20H29N5O/c1-16-8-6-9-17(24-16)14-22-20(21-2)23-15-18(19-10-7-13-26-19)25-11-4-3-5-12-25/h6-10,13,18H,3-5,11-12,14-15H2,1-2H3,(H2,21,22,23). The summed E-state index contributed by atoms with van der Waals surface area (Å²) in [5, 5.41) is 6.79. The lowest BCUT2D eigenvalue weighted by Crippen LogP contribution is -2.44. The van der Waals surface area contributed by atoms with Gasteiger partial charge in [0.1, 0.15) is 5.76 Å². The van der Waals surface area contributed by atoms with Crippen LogP contribution in [0.4, 0.5) is 0 Å². The second-order valence-corrected chi connectivity index (χ2v) is 6.70. The van der Waals surface area contributed by atoms with Crippen LogP contribution in [-0.2, 0) is 6.54 Å². The lowest BCUT2D eigenvalue weighted by molar-refractivity contribution is 0.146. The third kappa shape index (κ3) is 5.08. The highest BCUT2D eigenvalue weighted by atomic mass is 16.3. The van der Waals surface area contributed by atoms with E-state index in [1.54, 1.807) is 13.3 Å². The summed E-state index contributed by atoms with van der Waals surface area (Å²) in [6.45, 7) is 5.65. The average molecular weight is 355 g/mol. The van der Waals surface area contributed by atoms with Crippen LogP contribution in [0.3, 0.4) is 0 Å². The zero-order valence-corrected chi connectivity index (χ0v) is 15.7. The Hall–Kier alpha value is -2.34. The molecule has 1 aliphatic rings. The molecular formula is C20H29N5O. The number of furan rings is 1. The first-order valence-corrected chi connectivity index (χ1v) is 9.41. The van der Waals surface area contributed by atoms with Crippen molar-refractivity contribution in [2.24, 2.45) is 4.99 Å². The molecule has 0 saturated carbocycles. The van der Waals surface area contributed by atoms with E-state index in [-0.39, 0.29) is 6.04 Å². The largest absolute Gasteiger partial charge is 0.468 e. The van der Waals surface area contributed by atoms with Gasteiger partial charge in [0.05, 0.1) is 24.5 Å². The smallest absolute Gasteiger partial charge is 0.191 e. The summed E-state index contributed by atoms with van der Waals surface area (Å²) >= 11 is 0. The van der Waals surface area contributed by atoms with Gasteiger partial charge in [-0.25, -0.2) is 0 Å². The lowest BCUT2D eigenvalue weighted by Gasteiger charge is -2.33. The fourth-order valence-electron chi connectivity index (χ4n) is 3.41. The van der Waals surface area contributed by atoms with Crippen molar-refractivity contribution in [1.82, 2.24) is 20.5 Å². The monoisotopic (exact) mass is 355 g/mol. The van der Waals surface area contributed by atoms with Crippen LogP contribution in [0.5, 0.6) is 0 Å². The zero-order valence-electron chi connectivity index (χ0n) is 15.7. The van der Waals surface area contributed by atoms with Gasteiger partial charge in [-0.05, 0) is 57.1 Å². The Morgan fingerprint density at radius 2 is 2.04 bits per heavy atom. The number of pyridine rings is 1. The highest BCUT2D eigenvalue weighted by Gasteiger charge is 2.24. The maximum atomic E-state index is 5.71. The second kappa shape index (κ2) is 9.38. The summed E-state index contributed by atoms with van der Waals surface area (Å²) in [6, 6.07) is 10.3. The van der Waals surface area contributed by atoms with Crippen LogP contribution in [0.1, 0.15) is 42.5 Å². The molecule has 3 heterocycles. The highest BCUT2D eigenvalue weighted by molar-refractivity contribution is 5.79. The minimum absolute atomic E-state index is 0.223. The van der Waals surface area contributed by atoms with E-state index >= 15 is 0 Å². The number of nitrogens with zero attached hydrogens (tertiary/aromatic N) is 3. The Balaban J connectivity index is 1.57. The summed E-state index contributed by atoms with van der Waals surface area (Å²) in [4.78, 5) is 11.4. The van der Waals surface area contributed by atoms with Crippen molar-refractivity contribution >= 4 is 5.96 Å². The molecule has 3 rings (SSSR count). The lowest BCUT2D eigenvalue weighted by atomic mass is 10.1. The first kappa shape index (κ1) is 18.5. The normalized spacial score (nSPS) is 17.1. The van der Waals surface area contributed by atoms with E-state index in [1.807, 2.05) is 31.2 Å². The van der Waals surface area contributed by atoms with Crippen molar-refractivity contribution in [3.05, 3.63) is 53.7 Å². The molecule has 6 heteroatoms. The van der Waals surface area contributed by atoms with Gasteiger partial charge in [-0.15, -0.1) is 0 Å². The predicted molar refractivity (Wildman–Crippen MR) is 104 cm³/mol. The Kier molecular flexibility index (Phi) is 6.66. The van der Waals surface area contributed by atoms with E-state index in [9.17, 15) is 0 Å². The van der Waals surface area contributed by atoms with Crippen molar-refractivity contribution in [3.8, 4) is 0 Å². The Morgan fingerprint density at radius 1 is 1.19 bits per heavy atom. The number of nitrogens with one attached hydrogen (secondary N) is 2. The number of hydrogen-bond acceptors (Lipinski definition) is 4. The van der Waals surface area contributed by atoms with Crippen LogP contribution in [0.2, 0.25) is 0 Å². The summed E-state index contributed by atoms with van der Waals surface area (Å²) < 4.78 is 5.71. The van der Waals surface area contributed by atoms with Gasteiger partial charge in [0.15, 0.2) is 5.96 Å². The van der Waals surface area contributed by atoms with E-state index in [2.05, 4.69) is 31.6 Å². The number of hydrogen-bond donors (Lipinski definition) is 2. The maximum Gasteiger partial charge on any atom is 0.191 e. The molecule has 0 amide bonds. The third-order valence-electron chi connectivity index (χ3n) is 4.77. The molecular weight excluding hydrogens is 326 g/mol. The fourth-order valence-corrected chi connectivity index (χ4v) is 3.41. The Bertz CT molecular complexity index is 692. The quantitative estimate of drug-likeness (QED) is 0.616. The molecule has 0 radical (unpaired) electrons. The van der Waals surface area contributed by atoms with Gasteiger partial charge in [0.25, 0.3) is 0 Å². The van der Waals surface area contributed by atoms with Crippen molar-refractivity contribution in [2.75, 3.05) is 26.7 Å². The average Bonchev–Trinajstić information content (AvgIpc) is 3.20. The minimum atomic E-state index is 0.223. The van der Waals surface area contributed by atoms with Crippen molar-refractivity contribution in [1.29, 1.82) is 0 Å². The Morgan fingerprint density at radius 3 is 2.73 bits per heavy atom. The number of aromatic nitrogens is 1. The van der Waals surface area contributed by atoms with Crippen LogP contribution >= 0.6 is 0 Å². The zero-order chi connectivity index (χ0) is 18.2. The molecule has 0 aliphatic carbocycles. The second-order valence-electron chi connectivity index (χ2n) is 6.70. The molecule has 6 nitrogen and oxygen atoms in total. The topological polar surface area (TPSA) is 65.7 Å². The number of rotatable bonds is 6. The maximum absolute atomic E-state index is 5.71. The van der Waals surface area contributed by atoms with Crippen LogP contribution in [-0.4, -0.2) is 42.5 Å². The number of aryl methyl sites for hydroxylation is 1. The van der Waals surface area contributed by atoms with E-state index in [0.29, 0.717) is 6.54 Å². The molecule has 26 heavy (non-hydrogen) atoms. The van der Waals surface area contributed by atoms with Gasteiger partial charge >= 0.3 is 0 Å². The third-order valence-corrected chi connectivity index (χ3v) is 4.77. The van der Waals surface area contributed by atoms with Crippen molar-refractivity contribution in [2.45, 2.75) is 38.8 Å². The molecule has 0 aromatic carbocycles. The Labute approximate surface area is 155 Å². The van der Waals surface area contributed by atoms with Gasteiger partial charge in [-0.3, -0.25) is 14.9 Å². The molecule has 1 saturated heterocycles. The molecule has 1 atom stereocenters. The van der Waals surface area contributed by atoms with Crippen LogP contribution in [0.25, 0.3) is 0 Å². The number of piperidine rings is 1. The van der Waals surface area contributed by atoms with Gasteiger partial charge < -0.3 is 15.1 Å². The highest BCUT2D eigenvalue weighted by Crippen LogP contribution is 2.24. The van der Waals surface area contributed by atoms with E-state index in [4.69, 9.17) is 4.42 Å². The first-order valence-electron chi connectivity index (χ1n) is 9.41. The van der Waals surface area contributed by atoms with E-state index in [1.165, 1.54) is 19.3 Å². The molecule has 2 aromatic heterocycles. The van der Waals surface area contributed by atoms with Gasteiger partial charge in [0, 0.05) is 19.3 Å². The predicted octanol–water partition coefficient (Wildman–Crippen LogP) is 2.88. The van der Waals surface area contributed by atoms with Gasteiger partial charge in [-0.1, -0.05) is 12.5 Å². The molecule has 2 N–H and O–H groups in total. The molecule has 1 fully saturated rings. The van der Waals surface area contributed by atoms with E-state index in [0.717, 1.165) is 42.7 Å². The van der Waals surface area contributed by atoms with E-state index < -0.39 is 0 Å². The number of guanidine groups is 1. The summed E-state index contributed by atoms with van der Waals surface area (Å²) in [5.41, 5.74) is 2.03. The molecule has 0 bridgehead atoms. The molecule has 1 unspecified atom stereocenters. The fraction of sp³-hybridized carbons (Fsp3) is 0.500.